The molecule has 3 N–H and O–H groups in total. The number of nitrogens with one attached hydrogen (secondary N) is 2. The molecule has 1 heterocycles. The second-order valence-corrected chi connectivity index (χ2v) is 5.45. The van der Waals surface area contributed by atoms with Gasteiger partial charge in [-0.3, -0.25) is 4.79 Å². The molecule has 1 saturated heterocycles. The molecule has 0 aromatic rings. The second-order valence-electron chi connectivity index (χ2n) is 5.45. The molecule has 7 nitrogen and oxygen atoms in total. The summed E-state index contributed by atoms with van der Waals surface area (Å²) in [6, 6.07) is -0.394. The van der Waals surface area contributed by atoms with Gasteiger partial charge in [0.05, 0.1) is 18.6 Å². The molecule has 1 fully saturated rings. The van der Waals surface area contributed by atoms with Crippen molar-refractivity contribution < 1.29 is 24.2 Å². The van der Waals surface area contributed by atoms with Gasteiger partial charge in [0.25, 0.3) is 0 Å². The van der Waals surface area contributed by atoms with E-state index in [0.717, 1.165) is 6.42 Å². The van der Waals surface area contributed by atoms with Crippen molar-refractivity contribution in [2.24, 2.45) is 5.41 Å². The third-order valence-electron chi connectivity index (χ3n) is 4.01. The Balaban J connectivity index is 2.39. The third-order valence-corrected chi connectivity index (χ3v) is 4.01. The summed E-state index contributed by atoms with van der Waals surface area (Å²) < 4.78 is 10.7. The second kappa shape index (κ2) is 6.90. The molecule has 2 atom stereocenters. The number of urea groups is 1. The summed E-state index contributed by atoms with van der Waals surface area (Å²) in [5.41, 5.74) is -1.43. The first-order valence-corrected chi connectivity index (χ1v) is 6.75. The number of ether oxygens (including phenoxy) is 2. The average molecular weight is 288 g/mol. The number of carbonyl (C=O) groups is 2. The number of aliphatic carboxylic acids is 1. The molecule has 0 aliphatic carbocycles. The van der Waals surface area contributed by atoms with Crippen LogP contribution in [-0.4, -0.2) is 56.1 Å². The fourth-order valence-electron chi connectivity index (χ4n) is 1.89. The van der Waals surface area contributed by atoms with Gasteiger partial charge in [-0.25, -0.2) is 4.79 Å². The molecule has 2 unspecified atom stereocenters. The first-order valence-electron chi connectivity index (χ1n) is 6.75. The van der Waals surface area contributed by atoms with Crippen molar-refractivity contribution in [1.82, 2.24) is 10.6 Å². The van der Waals surface area contributed by atoms with Crippen molar-refractivity contribution >= 4 is 12.0 Å². The normalized spacial score (nSPS) is 24.9. The highest BCUT2D eigenvalue weighted by molar-refractivity contribution is 5.77. The maximum atomic E-state index is 11.7. The van der Waals surface area contributed by atoms with Crippen LogP contribution in [0.5, 0.6) is 0 Å². The topological polar surface area (TPSA) is 96.9 Å². The van der Waals surface area contributed by atoms with Crippen LogP contribution in [0.15, 0.2) is 0 Å². The van der Waals surface area contributed by atoms with Crippen LogP contribution in [-0.2, 0) is 14.3 Å². The minimum absolute atomic E-state index is 0.0845. The van der Waals surface area contributed by atoms with Crippen molar-refractivity contribution in [2.45, 2.75) is 32.3 Å². The van der Waals surface area contributed by atoms with Gasteiger partial charge in [-0.15, -0.1) is 0 Å². The van der Waals surface area contributed by atoms with Gasteiger partial charge >= 0.3 is 12.0 Å². The lowest BCUT2D eigenvalue weighted by atomic mass is 9.88. The molecule has 7 heteroatoms. The summed E-state index contributed by atoms with van der Waals surface area (Å²) in [5, 5.41) is 14.4. The zero-order valence-corrected chi connectivity index (χ0v) is 12.3. The molecular weight excluding hydrogens is 264 g/mol. The summed E-state index contributed by atoms with van der Waals surface area (Å²) in [6.45, 7) is 4.88. The Labute approximate surface area is 119 Å². The lowest BCUT2D eigenvalue weighted by molar-refractivity contribution is -0.147. The quantitative estimate of drug-likeness (QED) is 0.637. The number of carboxylic acids is 1. The minimum atomic E-state index is -0.952. The fraction of sp³-hybridized carbons (Fsp3) is 0.846. The van der Waals surface area contributed by atoms with Crippen LogP contribution in [0.25, 0.3) is 0 Å². The standard InChI is InChI=1S/C13H24N2O5/c1-4-12(2,10(16)17)7-14-11(18)15-8-13(19-3)5-6-20-9-13/h4-9H2,1-3H3,(H,16,17)(H2,14,15,18). The van der Waals surface area contributed by atoms with Crippen LogP contribution < -0.4 is 10.6 Å². The van der Waals surface area contributed by atoms with E-state index in [2.05, 4.69) is 10.6 Å². The molecule has 116 valence electrons. The number of hydrogen-bond donors (Lipinski definition) is 3. The number of carbonyl (C=O) groups excluding carboxylic acids is 1. The zero-order chi connectivity index (χ0) is 15.2. The SMILES string of the molecule is CCC(C)(CNC(=O)NCC1(OC)CCOC1)C(=O)O. The van der Waals surface area contributed by atoms with Crippen LogP contribution in [0.1, 0.15) is 26.7 Å². The third kappa shape index (κ3) is 4.08. The lowest BCUT2D eigenvalue weighted by Crippen LogP contribution is -2.50. The fourth-order valence-corrected chi connectivity index (χ4v) is 1.89. The first kappa shape index (κ1) is 16.7. The van der Waals surface area contributed by atoms with Crippen LogP contribution in [0, 0.1) is 5.41 Å². The monoisotopic (exact) mass is 288 g/mol. The molecule has 0 radical (unpaired) electrons. The summed E-state index contributed by atoms with van der Waals surface area (Å²) in [4.78, 5) is 22.9. The molecule has 0 aromatic heterocycles. The molecular formula is C13H24N2O5. The Bertz CT molecular complexity index is 355. The summed E-state index contributed by atoms with van der Waals surface area (Å²) in [7, 11) is 1.59. The van der Waals surface area contributed by atoms with E-state index in [1.165, 1.54) is 0 Å². The minimum Gasteiger partial charge on any atom is -0.481 e. The van der Waals surface area contributed by atoms with Crippen molar-refractivity contribution in [3.63, 3.8) is 0 Å². The van der Waals surface area contributed by atoms with E-state index < -0.39 is 23.0 Å². The van der Waals surface area contributed by atoms with E-state index in [-0.39, 0.29) is 6.54 Å². The Morgan fingerprint density at radius 1 is 1.45 bits per heavy atom. The zero-order valence-electron chi connectivity index (χ0n) is 12.3. The Hall–Kier alpha value is -1.34. The van der Waals surface area contributed by atoms with E-state index in [1.807, 2.05) is 0 Å². The van der Waals surface area contributed by atoms with Gasteiger partial charge in [0.2, 0.25) is 0 Å². The molecule has 1 aliphatic heterocycles. The summed E-state index contributed by atoms with van der Waals surface area (Å²) in [5.74, 6) is -0.919. The van der Waals surface area contributed by atoms with Gasteiger partial charge in [0, 0.05) is 26.7 Å². The van der Waals surface area contributed by atoms with E-state index in [0.29, 0.717) is 26.2 Å². The smallest absolute Gasteiger partial charge is 0.314 e. The number of carboxylic acid groups (broad SMARTS) is 1. The largest absolute Gasteiger partial charge is 0.481 e. The lowest BCUT2D eigenvalue weighted by Gasteiger charge is -2.27. The Kier molecular flexibility index (Phi) is 5.76. The Morgan fingerprint density at radius 2 is 2.15 bits per heavy atom. The number of methoxy groups -OCH3 is 1. The van der Waals surface area contributed by atoms with Crippen LogP contribution >= 0.6 is 0 Å². The maximum absolute atomic E-state index is 11.7. The van der Waals surface area contributed by atoms with Crippen molar-refractivity contribution in [1.29, 1.82) is 0 Å². The number of amides is 2. The average Bonchev–Trinajstić information content (AvgIpc) is 2.91. The Morgan fingerprint density at radius 3 is 2.60 bits per heavy atom. The molecule has 1 rings (SSSR count). The molecule has 20 heavy (non-hydrogen) atoms. The maximum Gasteiger partial charge on any atom is 0.314 e. The van der Waals surface area contributed by atoms with E-state index in [1.54, 1.807) is 21.0 Å². The predicted molar refractivity (Wildman–Crippen MR) is 72.6 cm³/mol. The first-order chi connectivity index (χ1) is 9.37. The van der Waals surface area contributed by atoms with E-state index in [4.69, 9.17) is 14.6 Å². The van der Waals surface area contributed by atoms with E-state index >= 15 is 0 Å². The highest BCUT2D eigenvalue weighted by Gasteiger charge is 2.36. The van der Waals surface area contributed by atoms with Gasteiger partial charge in [0.15, 0.2) is 0 Å². The molecule has 0 bridgehead atoms. The van der Waals surface area contributed by atoms with Gasteiger partial charge in [-0.1, -0.05) is 6.92 Å². The van der Waals surface area contributed by atoms with Crippen LogP contribution in [0.4, 0.5) is 4.79 Å². The number of rotatable bonds is 7. The van der Waals surface area contributed by atoms with Gasteiger partial charge in [-0.05, 0) is 13.3 Å². The van der Waals surface area contributed by atoms with Crippen molar-refractivity contribution in [3.8, 4) is 0 Å². The van der Waals surface area contributed by atoms with Crippen molar-refractivity contribution in [3.05, 3.63) is 0 Å². The van der Waals surface area contributed by atoms with Crippen LogP contribution in [0.3, 0.4) is 0 Å². The van der Waals surface area contributed by atoms with Crippen molar-refractivity contribution in [2.75, 3.05) is 33.4 Å². The molecule has 0 spiro atoms. The highest BCUT2D eigenvalue weighted by atomic mass is 16.5. The molecule has 1 aliphatic rings. The molecule has 0 aromatic carbocycles. The highest BCUT2D eigenvalue weighted by Crippen LogP contribution is 2.22. The van der Waals surface area contributed by atoms with Gasteiger partial charge in [0.1, 0.15) is 5.60 Å². The summed E-state index contributed by atoms with van der Waals surface area (Å²) in [6.07, 6.45) is 1.17. The molecule has 0 saturated carbocycles. The summed E-state index contributed by atoms with van der Waals surface area (Å²) >= 11 is 0. The van der Waals surface area contributed by atoms with Crippen LogP contribution in [0.2, 0.25) is 0 Å². The molecule has 2 amide bonds. The van der Waals surface area contributed by atoms with Gasteiger partial charge in [-0.2, -0.15) is 0 Å². The predicted octanol–water partition coefficient (Wildman–Crippen LogP) is 0.592. The van der Waals surface area contributed by atoms with E-state index in [9.17, 15) is 9.59 Å². The van der Waals surface area contributed by atoms with Gasteiger partial charge < -0.3 is 25.2 Å². The number of hydrogen-bond acceptors (Lipinski definition) is 4.